The largest absolute Gasteiger partial charge is 2.00 e. The van der Waals surface area contributed by atoms with Crippen molar-refractivity contribution < 1.29 is 64.3 Å². The van der Waals surface area contributed by atoms with Gasteiger partial charge in [0.15, 0.2) is 23.1 Å². The molecular formula is C12H14Ca2O13. The van der Waals surface area contributed by atoms with Crippen LogP contribution in [-0.4, -0.2) is 128 Å². The van der Waals surface area contributed by atoms with E-state index in [0.29, 0.717) is 0 Å². The number of carbonyl (C=O) groups excluding carboxylic acids is 8. The van der Waals surface area contributed by atoms with E-state index in [0.717, 1.165) is 27.7 Å². The molecular weight excluding hydrogens is 432 g/mol. The summed E-state index contributed by atoms with van der Waals surface area (Å²) in [6, 6.07) is 0. The van der Waals surface area contributed by atoms with E-state index in [9.17, 15) is 58.8 Å². The first-order valence-electron chi connectivity index (χ1n) is 5.45. The van der Waals surface area contributed by atoms with Crippen LogP contribution in [0, 0.1) is 0 Å². The van der Waals surface area contributed by atoms with Gasteiger partial charge < -0.3 is 45.1 Å². The fraction of sp³-hybridized carbons (Fsp3) is 0.333. The summed E-state index contributed by atoms with van der Waals surface area (Å²) in [5, 5.41) is 37.0. The molecule has 144 valence electrons. The van der Waals surface area contributed by atoms with E-state index in [-0.39, 0.29) is 81.0 Å². The van der Waals surface area contributed by atoms with Crippen molar-refractivity contribution in [2.45, 2.75) is 27.7 Å². The van der Waals surface area contributed by atoms with Crippen molar-refractivity contribution in [1.82, 2.24) is 0 Å². The zero-order valence-corrected chi connectivity index (χ0v) is 19.2. The SMILES string of the molecule is CC(=O)C(=O)[O-].CC(=O)C(=O)[O-].CC(=O)C(=O)[O-].CC(=O)C(=O)[O-].O.[Ca+2].[Ca+2]. The number of Topliss-reactive ketones (excluding diaryl/α,β-unsaturated/α-hetero) is 4. The maximum atomic E-state index is 9.48. The summed E-state index contributed by atoms with van der Waals surface area (Å²) in [6.07, 6.45) is 0. The number of ketones is 4. The Morgan fingerprint density at radius 2 is 0.444 bits per heavy atom. The van der Waals surface area contributed by atoms with Gasteiger partial charge in [-0.15, -0.1) is 0 Å². The van der Waals surface area contributed by atoms with Crippen molar-refractivity contribution in [3.05, 3.63) is 0 Å². The Labute approximate surface area is 212 Å². The summed E-state index contributed by atoms with van der Waals surface area (Å²) in [7, 11) is 0. The van der Waals surface area contributed by atoms with E-state index in [1.54, 1.807) is 0 Å². The zero-order chi connectivity index (χ0) is 20.6. The maximum Gasteiger partial charge on any atom is 2.00 e. The molecule has 27 heavy (non-hydrogen) atoms. The minimum Gasteiger partial charge on any atom is -0.542 e. The quantitative estimate of drug-likeness (QED) is 0.288. The third-order valence-electron chi connectivity index (χ3n) is 1.15. The van der Waals surface area contributed by atoms with Crippen LogP contribution in [0.15, 0.2) is 0 Å². The van der Waals surface area contributed by atoms with Crippen LogP contribution >= 0.6 is 0 Å². The minimum atomic E-state index is -1.63. The third kappa shape index (κ3) is 58.8. The molecule has 0 saturated carbocycles. The predicted molar refractivity (Wildman–Crippen MR) is 77.9 cm³/mol. The molecule has 0 fully saturated rings. The monoisotopic (exact) mass is 446 g/mol. The Morgan fingerprint density at radius 1 is 0.407 bits per heavy atom. The van der Waals surface area contributed by atoms with Crippen LogP contribution in [-0.2, 0) is 38.4 Å². The van der Waals surface area contributed by atoms with Crippen LogP contribution in [0.25, 0.3) is 0 Å². The molecule has 0 atom stereocenters. The van der Waals surface area contributed by atoms with Crippen molar-refractivity contribution in [2.75, 3.05) is 0 Å². The van der Waals surface area contributed by atoms with Crippen molar-refractivity contribution in [3.8, 4) is 0 Å². The molecule has 0 saturated heterocycles. The molecule has 15 heteroatoms. The number of carboxylic acid groups (broad SMARTS) is 4. The van der Waals surface area contributed by atoms with Crippen LogP contribution in [0.2, 0.25) is 0 Å². The van der Waals surface area contributed by atoms with E-state index < -0.39 is 47.0 Å². The number of hydrogen-bond acceptors (Lipinski definition) is 12. The molecule has 0 aromatic heterocycles. The van der Waals surface area contributed by atoms with Gasteiger partial charge in [0.1, 0.15) is 23.9 Å². The number of carbonyl (C=O) groups is 8. The van der Waals surface area contributed by atoms with Crippen molar-refractivity contribution in [3.63, 3.8) is 0 Å². The normalized spacial score (nSPS) is 6.67. The first kappa shape index (κ1) is 45.0. The molecule has 0 bridgehead atoms. The van der Waals surface area contributed by atoms with Gasteiger partial charge >= 0.3 is 75.5 Å². The Bertz CT molecular complexity index is 395. The Morgan fingerprint density at radius 3 is 0.444 bits per heavy atom. The van der Waals surface area contributed by atoms with Gasteiger partial charge in [0.05, 0.1) is 0 Å². The first-order valence-corrected chi connectivity index (χ1v) is 5.45. The molecule has 0 aliphatic rings. The standard InChI is InChI=1S/4C3H4O3.2Ca.H2O/c4*1-2(4)3(5)6;;;/h4*1H3,(H,5,6);;;1H2/q;;;;2*+2;/p-4. The number of carboxylic acids is 4. The second kappa shape index (κ2) is 27.3. The summed E-state index contributed by atoms with van der Waals surface area (Å²) in [4.78, 5) is 74.9. The minimum absolute atomic E-state index is 0. The number of aliphatic carboxylic acids is 4. The van der Waals surface area contributed by atoms with E-state index in [1.165, 1.54) is 0 Å². The average Bonchev–Trinajstić information content (AvgIpc) is 2.40. The summed E-state index contributed by atoms with van der Waals surface area (Å²) in [6.45, 7) is 3.76. The van der Waals surface area contributed by atoms with Crippen molar-refractivity contribution in [2.24, 2.45) is 0 Å². The fourth-order valence-corrected chi connectivity index (χ4v) is 0. The van der Waals surface area contributed by atoms with Gasteiger partial charge in [-0.25, -0.2) is 0 Å². The van der Waals surface area contributed by atoms with Crippen LogP contribution in [0.5, 0.6) is 0 Å². The van der Waals surface area contributed by atoms with Crippen molar-refractivity contribution >= 4 is 122 Å². The zero-order valence-electron chi connectivity index (χ0n) is 14.8. The van der Waals surface area contributed by atoms with Crippen LogP contribution < -0.4 is 20.4 Å². The Hall–Kier alpha value is -0.961. The summed E-state index contributed by atoms with van der Waals surface area (Å²) in [5.41, 5.74) is 0. The van der Waals surface area contributed by atoms with Gasteiger partial charge in [0, 0.05) is 27.7 Å². The van der Waals surface area contributed by atoms with Crippen LogP contribution in [0.1, 0.15) is 27.7 Å². The topological polar surface area (TPSA) is 260 Å². The molecule has 0 aliphatic carbocycles. The van der Waals surface area contributed by atoms with E-state index in [2.05, 4.69) is 0 Å². The fourth-order valence-electron chi connectivity index (χ4n) is 0. The maximum absolute atomic E-state index is 9.48. The van der Waals surface area contributed by atoms with Gasteiger partial charge in [-0.3, -0.25) is 19.2 Å². The summed E-state index contributed by atoms with van der Waals surface area (Å²) >= 11 is 0. The number of hydrogen-bond donors (Lipinski definition) is 0. The van der Waals surface area contributed by atoms with E-state index in [4.69, 9.17) is 0 Å². The van der Waals surface area contributed by atoms with E-state index in [1.807, 2.05) is 0 Å². The average molecular weight is 446 g/mol. The van der Waals surface area contributed by atoms with E-state index >= 15 is 0 Å². The second-order valence-corrected chi connectivity index (χ2v) is 3.37. The molecule has 0 rings (SSSR count). The molecule has 0 amide bonds. The van der Waals surface area contributed by atoms with Crippen LogP contribution in [0.3, 0.4) is 0 Å². The Kier molecular flexibility index (Phi) is 45.5. The van der Waals surface area contributed by atoms with Gasteiger partial charge in [-0.05, 0) is 0 Å². The predicted octanol–water partition coefficient (Wildman–Crippen LogP) is -8.29. The van der Waals surface area contributed by atoms with Gasteiger partial charge in [0.2, 0.25) is 0 Å². The molecule has 0 radical (unpaired) electrons. The molecule has 0 aromatic rings. The molecule has 0 heterocycles. The summed E-state index contributed by atoms with van der Waals surface area (Å²) in [5.74, 6) is -10.3. The first-order chi connectivity index (χ1) is 10.6. The Balaban J connectivity index is -0.0000000381. The van der Waals surface area contributed by atoms with Crippen molar-refractivity contribution in [1.29, 1.82) is 0 Å². The molecule has 13 nitrogen and oxygen atoms in total. The smallest absolute Gasteiger partial charge is 0.542 e. The third-order valence-corrected chi connectivity index (χ3v) is 1.15. The van der Waals surface area contributed by atoms with Gasteiger partial charge in [-0.1, -0.05) is 0 Å². The van der Waals surface area contributed by atoms with Gasteiger partial charge in [-0.2, -0.15) is 0 Å². The molecule has 2 N–H and O–H groups in total. The molecule has 0 unspecified atom stereocenters. The van der Waals surface area contributed by atoms with Gasteiger partial charge in [0.25, 0.3) is 0 Å². The molecule has 0 spiro atoms. The number of rotatable bonds is 4. The van der Waals surface area contributed by atoms with Crippen LogP contribution in [0.4, 0.5) is 0 Å². The molecule has 0 aliphatic heterocycles. The summed E-state index contributed by atoms with van der Waals surface area (Å²) < 4.78 is 0. The molecule has 0 aromatic carbocycles. The second-order valence-electron chi connectivity index (χ2n) is 3.37.